The molecular weight excluding hydrogens is 210 g/mol. The highest BCUT2D eigenvalue weighted by atomic mass is 16.3. The van der Waals surface area contributed by atoms with E-state index in [1.165, 1.54) is 24.0 Å². The molecule has 0 heterocycles. The maximum absolute atomic E-state index is 9.64. The van der Waals surface area contributed by atoms with E-state index < -0.39 is 5.60 Å². The minimum Gasteiger partial charge on any atom is -0.389 e. The maximum atomic E-state index is 9.64. The third-order valence-corrected chi connectivity index (χ3v) is 3.47. The molecule has 1 saturated carbocycles. The molecule has 2 nitrogen and oxygen atoms in total. The lowest BCUT2D eigenvalue weighted by molar-refractivity contribution is 0.0708. The van der Waals surface area contributed by atoms with Crippen LogP contribution in [0, 0.1) is 6.92 Å². The van der Waals surface area contributed by atoms with Crippen LogP contribution >= 0.6 is 0 Å². The fourth-order valence-electron chi connectivity index (χ4n) is 2.37. The molecule has 0 bridgehead atoms. The SMILES string of the molecule is Cc1cccc(C2CC(NCC(C)(C)O)C2)c1. The second-order valence-corrected chi connectivity index (χ2v) is 5.97. The second kappa shape index (κ2) is 4.79. The van der Waals surface area contributed by atoms with Gasteiger partial charge in [-0.05, 0) is 45.1 Å². The minimum absolute atomic E-state index is 0.576. The van der Waals surface area contributed by atoms with Crippen molar-refractivity contribution in [2.24, 2.45) is 0 Å². The molecule has 17 heavy (non-hydrogen) atoms. The first-order valence-corrected chi connectivity index (χ1v) is 6.46. The Labute approximate surface area is 104 Å². The zero-order chi connectivity index (χ0) is 12.5. The Morgan fingerprint density at radius 3 is 2.65 bits per heavy atom. The van der Waals surface area contributed by atoms with Gasteiger partial charge in [-0.25, -0.2) is 0 Å². The van der Waals surface area contributed by atoms with Gasteiger partial charge in [-0.3, -0.25) is 0 Å². The molecule has 2 heteroatoms. The van der Waals surface area contributed by atoms with Crippen molar-refractivity contribution in [2.45, 2.75) is 51.2 Å². The van der Waals surface area contributed by atoms with Gasteiger partial charge in [0.15, 0.2) is 0 Å². The lowest BCUT2D eigenvalue weighted by Gasteiger charge is -2.38. The number of nitrogens with one attached hydrogen (secondary N) is 1. The molecule has 0 atom stereocenters. The highest BCUT2D eigenvalue weighted by molar-refractivity contribution is 5.27. The minimum atomic E-state index is -0.603. The molecule has 0 aromatic heterocycles. The van der Waals surface area contributed by atoms with Crippen molar-refractivity contribution in [1.29, 1.82) is 0 Å². The molecule has 1 aromatic carbocycles. The summed E-state index contributed by atoms with van der Waals surface area (Å²) in [4.78, 5) is 0. The van der Waals surface area contributed by atoms with E-state index in [-0.39, 0.29) is 0 Å². The molecule has 0 spiro atoms. The average molecular weight is 233 g/mol. The van der Waals surface area contributed by atoms with Gasteiger partial charge in [0.2, 0.25) is 0 Å². The molecule has 0 saturated heterocycles. The smallest absolute Gasteiger partial charge is 0.0715 e. The first-order valence-electron chi connectivity index (χ1n) is 6.46. The van der Waals surface area contributed by atoms with Crippen LogP contribution in [0.15, 0.2) is 24.3 Å². The first kappa shape index (κ1) is 12.6. The molecule has 1 aromatic rings. The predicted octanol–water partition coefficient (Wildman–Crippen LogP) is 2.60. The van der Waals surface area contributed by atoms with Crippen LogP contribution in [0.2, 0.25) is 0 Å². The number of benzene rings is 1. The van der Waals surface area contributed by atoms with Gasteiger partial charge in [0.05, 0.1) is 5.60 Å². The zero-order valence-corrected chi connectivity index (χ0v) is 11.0. The Balaban J connectivity index is 1.79. The number of aryl methyl sites for hydroxylation is 1. The van der Waals surface area contributed by atoms with Crippen molar-refractivity contribution < 1.29 is 5.11 Å². The monoisotopic (exact) mass is 233 g/mol. The molecule has 0 aliphatic heterocycles. The summed E-state index contributed by atoms with van der Waals surface area (Å²) < 4.78 is 0. The van der Waals surface area contributed by atoms with Crippen molar-refractivity contribution in [3.05, 3.63) is 35.4 Å². The van der Waals surface area contributed by atoms with E-state index in [4.69, 9.17) is 0 Å². The highest BCUT2D eigenvalue weighted by Crippen LogP contribution is 2.37. The van der Waals surface area contributed by atoms with E-state index >= 15 is 0 Å². The van der Waals surface area contributed by atoms with Gasteiger partial charge in [-0.2, -0.15) is 0 Å². The van der Waals surface area contributed by atoms with Crippen molar-refractivity contribution in [1.82, 2.24) is 5.32 Å². The van der Waals surface area contributed by atoms with Gasteiger partial charge in [0, 0.05) is 12.6 Å². The molecule has 1 aliphatic rings. The van der Waals surface area contributed by atoms with Crippen LogP contribution in [0.4, 0.5) is 0 Å². The van der Waals surface area contributed by atoms with Gasteiger partial charge >= 0.3 is 0 Å². The Bertz CT molecular complexity index is 375. The summed E-state index contributed by atoms with van der Waals surface area (Å²) in [6, 6.07) is 9.38. The Morgan fingerprint density at radius 1 is 1.35 bits per heavy atom. The van der Waals surface area contributed by atoms with Gasteiger partial charge < -0.3 is 10.4 Å². The molecule has 0 unspecified atom stereocenters. The average Bonchev–Trinajstić information content (AvgIpc) is 2.13. The van der Waals surface area contributed by atoms with Crippen molar-refractivity contribution in [2.75, 3.05) is 6.54 Å². The highest BCUT2D eigenvalue weighted by Gasteiger charge is 2.30. The van der Waals surface area contributed by atoms with Gasteiger partial charge in [-0.15, -0.1) is 0 Å². The molecule has 1 fully saturated rings. The molecule has 2 N–H and O–H groups in total. The largest absolute Gasteiger partial charge is 0.389 e. The zero-order valence-electron chi connectivity index (χ0n) is 11.0. The molecule has 0 radical (unpaired) electrons. The fraction of sp³-hybridized carbons (Fsp3) is 0.600. The summed E-state index contributed by atoms with van der Waals surface area (Å²) in [7, 11) is 0. The fourth-order valence-corrected chi connectivity index (χ4v) is 2.37. The number of aliphatic hydroxyl groups is 1. The first-order chi connectivity index (χ1) is 7.94. The molecule has 94 valence electrons. The van der Waals surface area contributed by atoms with Crippen LogP contribution in [0.25, 0.3) is 0 Å². The van der Waals surface area contributed by atoms with E-state index in [9.17, 15) is 5.11 Å². The Hall–Kier alpha value is -0.860. The quantitative estimate of drug-likeness (QED) is 0.838. The van der Waals surface area contributed by atoms with Gasteiger partial charge in [0.1, 0.15) is 0 Å². The molecule has 1 aliphatic carbocycles. The number of rotatable bonds is 4. The van der Waals surface area contributed by atoms with Crippen molar-refractivity contribution >= 4 is 0 Å². The van der Waals surface area contributed by atoms with Crippen LogP contribution in [0.3, 0.4) is 0 Å². The third kappa shape index (κ3) is 3.55. The summed E-state index contributed by atoms with van der Waals surface area (Å²) in [6.45, 7) is 6.51. The molecular formula is C15H23NO. The standard InChI is InChI=1S/C15H23NO/c1-11-5-4-6-12(7-11)13-8-14(9-13)16-10-15(2,3)17/h4-7,13-14,16-17H,8-10H2,1-3H3. The summed E-state index contributed by atoms with van der Waals surface area (Å²) in [5, 5.41) is 13.1. The normalized spacial score (nSPS) is 24.5. The van der Waals surface area contributed by atoms with Gasteiger partial charge in [0.25, 0.3) is 0 Å². The topological polar surface area (TPSA) is 32.3 Å². The summed E-state index contributed by atoms with van der Waals surface area (Å²) in [6.07, 6.45) is 2.39. The van der Waals surface area contributed by atoms with E-state index in [1.807, 2.05) is 13.8 Å². The number of hydrogen-bond acceptors (Lipinski definition) is 2. The van der Waals surface area contributed by atoms with Crippen LogP contribution in [-0.4, -0.2) is 23.3 Å². The van der Waals surface area contributed by atoms with Crippen LogP contribution < -0.4 is 5.32 Å². The van der Waals surface area contributed by atoms with Crippen LogP contribution in [0.1, 0.15) is 43.7 Å². The maximum Gasteiger partial charge on any atom is 0.0715 e. The van der Waals surface area contributed by atoms with E-state index in [0.717, 1.165) is 0 Å². The summed E-state index contributed by atoms with van der Waals surface area (Å²) in [5.41, 5.74) is 2.20. The molecule has 2 rings (SSSR count). The van der Waals surface area contributed by atoms with E-state index in [1.54, 1.807) is 0 Å². The predicted molar refractivity (Wildman–Crippen MR) is 71.2 cm³/mol. The lowest BCUT2D eigenvalue weighted by Crippen LogP contribution is -2.46. The van der Waals surface area contributed by atoms with Crippen molar-refractivity contribution in [3.8, 4) is 0 Å². The van der Waals surface area contributed by atoms with Crippen LogP contribution in [-0.2, 0) is 0 Å². The number of hydrogen-bond donors (Lipinski definition) is 2. The second-order valence-electron chi connectivity index (χ2n) is 5.97. The Morgan fingerprint density at radius 2 is 2.06 bits per heavy atom. The van der Waals surface area contributed by atoms with Crippen molar-refractivity contribution in [3.63, 3.8) is 0 Å². The third-order valence-electron chi connectivity index (χ3n) is 3.47. The molecule has 0 amide bonds. The van der Waals surface area contributed by atoms with E-state index in [0.29, 0.717) is 18.5 Å². The summed E-state index contributed by atoms with van der Waals surface area (Å²) in [5.74, 6) is 0.703. The van der Waals surface area contributed by atoms with Gasteiger partial charge in [-0.1, -0.05) is 29.8 Å². The van der Waals surface area contributed by atoms with Crippen LogP contribution in [0.5, 0.6) is 0 Å². The Kier molecular flexibility index (Phi) is 3.55. The summed E-state index contributed by atoms with van der Waals surface area (Å²) >= 11 is 0. The van der Waals surface area contributed by atoms with E-state index in [2.05, 4.69) is 36.5 Å². The lowest BCUT2D eigenvalue weighted by atomic mass is 9.75.